The molecule has 2 unspecified atom stereocenters. The van der Waals surface area contributed by atoms with Crippen molar-refractivity contribution in [2.24, 2.45) is 5.73 Å². The summed E-state index contributed by atoms with van der Waals surface area (Å²) in [5, 5.41) is 6.91. The largest absolute Gasteiger partial charge is 0.324 e. The number of nitrogens with one attached hydrogen (secondary N) is 2. The molecule has 1 spiro atoms. The quantitative estimate of drug-likeness (QED) is 0.439. The minimum absolute atomic E-state index is 0.0199. The Morgan fingerprint density at radius 1 is 1.36 bits per heavy atom. The molecule has 0 saturated carbocycles. The molecule has 2 aliphatic rings. The second-order valence-electron chi connectivity index (χ2n) is 4.39. The Morgan fingerprint density at radius 3 is 2.64 bits per heavy atom. The van der Waals surface area contributed by atoms with Crippen molar-refractivity contribution in [3.05, 3.63) is 0 Å². The highest BCUT2D eigenvalue weighted by molar-refractivity contribution is 5.08. The summed E-state index contributed by atoms with van der Waals surface area (Å²) in [7, 11) is 0. The molecule has 3 nitrogen and oxygen atoms in total. The smallest absolute Gasteiger partial charge is 0.0336 e. The number of nitrogens with two attached hydrogens (primary N) is 1. The van der Waals surface area contributed by atoms with E-state index in [-0.39, 0.29) is 5.54 Å². The molecule has 2 atom stereocenters. The van der Waals surface area contributed by atoms with Gasteiger partial charge in [-0.2, -0.15) is 0 Å². The van der Waals surface area contributed by atoms with Crippen LogP contribution in [0.15, 0.2) is 0 Å². The molecule has 4 N–H and O–H groups in total. The summed E-state index contributed by atoms with van der Waals surface area (Å²) >= 11 is 0. The monoisotopic (exact) mass is 155 g/mol. The van der Waals surface area contributed by atoms with Crippen molar-refractivity contribution in [2.75, 3.05) is 19.6 Å². The van der Waals surface area contributed by atoms with E-state index in [1.807, 2.05) is 0 Å². The van der Waals surface area contributed by atoms with Crippen molar-refractivity contribution >= 4 is 0 Å². The Morgan fingerprint density at radius 2 is 2.18 bits per heavy atom. The molecule has 0 aromatic rings. The van der Waals surface area contributed by atoms with Gasteiger partial charge < -0.3 is 16.4 Å². The Hall–Kier alpha value is -0.120. The molecular weight excluding hydrogens is 138 g/mol. The molecule has 0 aromatic carbocycles. The van der Waals surface area contributed by atoms with Gasteiger partial charge in [-0.05, 0) is 26.3 Å². The maximum Gasteiger partial charge on any atom is 0.0336 e. The lowest BCUT2D eigenvalue weighted by Crippen LogP contribution is -2.41. The molecule has 0 aromatic heterocycles. The summed E-state index contributed by atoms with van der Waals surface area (Å²) in [4.78, 5) is 0. The average Bonchev–Trinajstić information content (AvgIpc) is 2.43. The van der Waals surface area contributed by atoms with E-state index in [0.717, 1.165) is 26.1 Å². The van der Waals surface area contributed by atoms with Crippen molar-refractivity contribution in [3.63, 3.8) is 0 Å². The summed E-state index contributed by atoms with van der Waals surface area (Å²) < 4.78 is 0. The van der Waals surface area contributed by atoms with Crippen LogP contribution in [0.3, 0.4) is 0 Å². The van der Waals surface area contributed by atoms with Gasteiger partial charge in [-0.1, -0.05) is 0 Å². The summed E-state index contributed by atoms with van der Waals surface area (Å²) in [6, 6.07) is 0. The highest BCUT2D eigenvalue weighted by Gasteiger charge is 2.44. The first-order valence-electron chi connectivity index (χ1n) is 4.37. The highest BCUT2D eigenvalue weighted by Crippen LogP contribution is 2.30. The van der Waals surface area contributed by atoms with E-state index in [1.54, 1.807) is 0 Å². The predicted octanol–water partition coefficient (Wildman–Crippen LogP) is -0.571. The van der Waals surface area contributed by atoms with Gasteiger partial charge in [-0.3, -0.25) is 0 Å². The minimum Gasteiger partial charge on any atom is -0.324 e. The van der Waals surface area contributed by atoms with E-state index in [4.69, 9.17) is 5.73 Å². The summed E-state index contributed by atoms with van der Waals surface area (Å²) in [5.41, 5.74) is 6.40. The van der Waals surface area contributed by atoms with E-state index in [2.05, 4.69) is 17.6 Å². The lowest BCUT2D eigenvalue weighted by Gasteiger charge is -2.23. The zero-order chi connectivity index (χ0) is 7.95. The fourth-order valence-electron chi connectivity index (χ4n) is 2.33. The molecule has 2 aliphatic heterocycles. The van der Waals surface area contributed by atoms with Gasteiger partial charge in [0.1, 0.15) is 0 Å². The van der Waals surface area contributed by atoms with E-state index in [1.165, 1.54) is 6.42 Å². The Bertz CT molecular complexity index is 159. The van der Waals surface area contributed by atoms with Crippen LogP contribution in [-0.2, 0) is 0 Å². The number of rotatable bonds is 0. The Balaban J connectivity index is 2.07. The van der Waals surface area contributed by atoms with Crippen molar-refractivity contribution in [2.45, 2.75) is 30.8 Å². The van der Waals surface area contributed by atoms with E-state index in [0.29, 0.717) is 5.54 Å². The van der Waals surface area contributed by atoms with Gasteiger partial charge in [0.2, 0.25) is 0 Å². The third-order valence-electron chi connectivity index (χ3n) is 2.85. The number of hydrogen-bond donors (Lipinski definition) is 3. The van der Waals surface area contributed by atoms with Gasteiger partial charge in [0.15, 0.2) is 0 Å². The fourth-order valence-corrected chi connectivity index (χ4v) is 2.33. The van der Waals surface area contributed by atoms with Crippen LogP contribution in [0.4, 0.5) is 0 Å². The third kappa shape index (κ3) is 1.28. The molecule has 2 rings (SSSR count). The van der Waals surface area contributed by atoms with Gasteiger partial charge in [0.05, 0.1) is 0 Å². The van der Waals surface area contributed by atoms with Crippen molar-refractivity contribution in [1.82, 2.24) is 10.6 Å². The van der Waals surface area contributed by atoms with Crippen LogP contribution in [0.1, 0.15) is 19.8 Å². The standard InChI is InChI=1S/C8H17N3/c1-7(9)4-8(11-5-7)2-3-10-6-8/h10-11H,2-6,9H2,1H3. The normalized spacial score (nSPS) is 50.7. The molecule has 0 aliphatic carbocycles. The van der Waals surface area contributed by atoms with Crippen LogP contribution in [0.5, 0.6) is 0 Å². The lowest BCUT2D eigenvalue weighted by molar-refractivity contribution is 0.390. The van der Waals surface area contributed by atoms with Gasteiger partial charge in [-0.25, -0.2) is 0 Å². The zero-order valence-corrected chi connectivity index (χ0v) is 7.11. The molecule has 2 fully saturated rings. The Kier molecular flexibility index (Phi) is 1.50. The molecule has 2 saturated heterocycles. The van der Waals surface area contributed by atoms with Crippen LogP contribution >= 0.6 is 0 Å². The first-order valence-corrected chi connectivity index (χ1v) is 4.37. The summed E-state index contributed by atoms with van der Waals surface area (Å²) in [6.07, 6.45) is 2.35. The second kappa shape index (κ2) is 2.19. The molecule has 64 valence electrons. The van der Waals surface area contributed by atoms with E-state index in [9.17, 15) is 0 Å². The fraction of sp³-hybridized carbons (Fsp3) is 1.00. The maximum atomic E-state index is 6.04. The topological polar surface area (TPSA) is 50.1 Å². The van der Waals surface area contributed by atoms with Crippen LogP contribution in [0, 0.1) is 0 Å². The van der Waals surface area contributed by atoms with Crippen molar-refractivity contribution < 1.29 is 0 Å². The second-order valence-corrected chi connectivity index (χ2v) is 4.39. The van der Waals surface area contributed by atoms with Gasteiger partial charge in [0, 0.05) is 24.2 Å². The van der Waals surface area contributed by atoms with E-state index < -0.39 is 0 Å². The maximum absolute atomic E-state index is 6.04. The van der Waals surface area contributed by atoms with Crippen LogP contribution in [0.2, 0.25) is 0 Å². The molecule has 2 heterocycles. The number of hydrogen-bond acceptors (Lipinski definition) is 3. The SMILES string of the molecule is CC1(N)CNC2(CCNC2)C1. The van der Waals surface area contributed by atoms with Crippen LogP contribution in [0.25, 0.3) is 0 Å². The van der Waals surface area contributed by atoms with Gasteiger partial charge in [0.25, 0.3) is 0 Å². The van der Waals surface area contributed by atoms with Crippen LogP contribution < -0.4 is 16.4 Å². The molecule has 0 bridgehead atoms. The first-order chi connectivity index (χ1) is 5.12. The first kappa shape index (κ1) is 7.53. The molecule has 0 radical (unpaired) electrons. The average molecular weight is 155 g/mol. The lowest BCUT2D eigenvalue weighted by atomic mass is 9.89. The van der Waals surface area contributed by atoms with E-state index >= 15 is 0 Å². The highest BCUT2D eigenvalue weighted by atomic mass is 15.1. The Labute approximate surface area is 67.7 Å². The molecule has 0 amide bonds. The molecular formula is C8H17N3. The minimum atomic E-state index is 0.0199. The van der Waals surface area contributed by atoms with Gasteiger partial charge >= 0.3 is 0 Å². The zero-order valence-electron chi connectivity index (χ0n) is 7.11. The third-order valence-corrected chi connectivity index (χ3v) is 2.85. The summed E-state index contributed by atoms with van der Waals surface area (Å²) in [5.74, 6) is 0. The predicted molar refractivity (Wildman–Crippen MR) is 45.4 cm³/mol. The van der Waals surface area contributed by atoms with Crippen molar-refractivity contribution in [3.8, 4) is 0 Å². The molecule has 11 heavy (non-hydrogen) atoms. The molecule has 3 heteroatoms. The van der Waals surface area contributed by atoms with Crippen molar-refractivity contribution in [1.29, 1.82) is 0 Å². The van der Waals surface area contributed by atoms with Gasteiger partial charge in [-0.15, -0.1) is 0 Å². The summed E-state index contributed by atoms with van der Waals surface area (Å²) in [6.45, 7) is 5.34. The van der Waals surface area contributed by atoms with Crippen LogP contribution in [-0.4, -0.2) is 30.7 Å².